The van der Waals surface area contributed by atoms with Gasteiger partial charge >= 0.3 is 5.97 Å². The Labute approximate surface area is 333 Å². The van der Waals surface area contributed by atoms with Gasteiger partial charge in [0.15, 0.2) is 0 Å². The lowest BCUT2D eigenvalue weighted by Gasteiger charge is -2.26. The molecule has 11 heteroatoms. The number of ether oxygens (including phenoxy) is 2. The Kier molecular flexibility index (Phi) is 37.6. The van der Waals surface area contributed by atoms with Gasteiger partial charge in [-0.3, -0.25) is 4.79 Å². The summed E-state index contributed by atoms with van der Waals surface area (Å²) in [5.41, 5.74) is 1.52. The standard InChI is InChI=1S/C39H76N2O3S6/c1-5-7-9-11-13-15-17-19-33-45-49-47-35-31-43-38(37-23-21-24-37)25-29-41(28-22-27-40(3)4)30-26-39(42)44-32-36-48-50-46-34-20-18-16-14-12-10-8-6-2/h5-36H2,1-4H3. The van der Waals surface area contributed by atoms with Crippen molar-refractivity contribution in [2.75, 3.05) is 76.5 Å². The zero-order valence-electron chi connectivity index (χ0n) is 32.7. The Morgan fingerprint density at radius 3 is 1.54 bits per heavy atom. The molecule has 1 aliphatic carbocycles. The Hall–Kier alpha value is 1.03. The first-order valence-electron chi connectivity index (χ1n) is 20.2. The summed E-state index contributed by atoms with van der Waals surface area (Å²) >= 11 is 0. The minimum atomic E-state index is -0.0663. The van der Waals surface area contributed by atoms with Gasteiger partial charge < -0.3 is 19.3 Å². The van der Waals surface area contributed by atoms with E-state index in [1.54, 1.807) is 0 Å². The smallest absolute Gasteiger partial charge is 0.307 e. The fourth-order valence-corrected chi connectivity index (χ4v) is 13.1. The third kappa shape index (κ3) is 32.5. The molecule has 0 bridgehead atoms. The highest BCUT2D eigenvalue weighted by Crippen LogP contribution is 2.36. The van der Waals surface area contributed by atoms with E-state index in [1.165, 1.54) is 145 Å². The molecule has 0 aromatic rings. The van der Waals surface area contributed by atoms with Crippen LogP contribution in [0.1, 0.15) is 155 Å². The molecule has 0 aromatic heterocycles. The van der Waals surface area contributed by atoms with Gasteiger partial charge in [-0.2, -0.15) is 0 Å². The van der Waals surface area contributed by atoms with Crippen LogP contribution in [-0.2, 0) is 14.3 Å². The lowest BCUT2D eigenvalue weighted by atomic mass is 9.90. The van der Waals surface area contributed by atoms with Gasteiger partial charge in [0.2, 0.25) is 0 Å². The first-order valence-corrected chi connectivity index (χ1v) is 27.9. The molecule has 0 aliphatic heterocycles. The minimum Gasteiger partial charge on any atom is -0.497 e. The SMILES string of the molecule is CCCCCCCCCCSSSCCOC(=O)CCN(CCCN(C)C)CCC(OCCSSSCCCCCCCCCC)=C1CCC1. The predicted octanol–water partition coefficient (Wildman–Crippen LogP) is 13.4. The van der Waals surface area contributed by atoms with Crippen molar-refractivity contribution in [2.45, 2.75) is 155 Å². The maximum atomic E-state index is 12.6. The minimum absolute atomic E-state index is 0.0663. The van der Waals surface area contributed by atoms with Crippen molar-refractivity contribution in [1.82, 2.24) is 9.80 Å². The highest BCUT2D eigenvalue weighted by atomic mass is 33.5. The van der Waals surface area contributed by atoms with Crippen molar-refractivity contribution in [3.63, 3.8) is 0 Å². The molecule has 1 fully saturated rings. The van der Waals surface area contributed by atoms with Crippen molar-refractivity contribution in [3.8, 4) is 0 Å². The average molecular weight is 813 g/mol. The van der Waals surface area contributed by atoms with Crippen LogP contribution in [0.25, 0.3) is 0 Å². The average Bonchev–Trinajstić information content (AvgIpc) is 3.08. The van der Waals surface area contributed by atoms with Gasteiger partial charge in [-0.05, 0) is 90.9 Å². The molecule has 1 rings (SSSR count). The number of nitrogens with zero attached hydrogens (tertiary/aromatic N) is 2. The van der Waals surface area contributed by atoms with E-state index in [-0.39, 0.29) is 5.97 Å². The zero-order valence-corrected chi connectivity index (χ0v) is 37.6. The van der Waals surface area contributed by atoms with Crippen molar-refractivity contribution in [2.24, 2.45) is 0 Å². The van der Waals surface area contributed by atoms with Crippen LogP contribution < -0.4 is 0 Å². The molecular formula is C39H76N2O3S6. The van der Waals surface area contributed by atoms with E-state index in [4.69, 9.17) is 9.47 Å². The van der Waals surface area contributed by atoms with E-state index in [1.807, 2.05) is 62.8 Å². The molecule has 1 saturated carbocycles. The van der Waals surface area contributed by atoms with Crippen LogP contribution in [0.5, 0.6) is 0 Å². The molecule has 50 heavy (non-hydrogen) atoms. The summed E-state index contributed by atoms with van der Waals surface area (Å²) in [4.78, 5) is 17.3. The molecule has 0 N–H and O–H groups in total. The van der Waals surface area contributed by atoms with Crippen molar-refractivity contribution in [1.29, 1.82) is 0 Å². The van der Waals surface area contributed by atoms with Crippen molar-refractivity contribution in [3.05, 3.63) is 11.3 Å². The maximum absolute atomic E-state index is 12.6. The Bertz CT molecular complexity index is 787. The number of hydrogen-bond acceptors (Lipinski definition) is 11. The van der Waals surface area contributed by atoms with Gasteiger partial charge in [0.25, 0.3) is 0 Å². The van der Waals surface area contributed by atoms with Crippen molar-refractivity contribution < 1.29 is 14.3 Å². The summed E-state index contributed by atoms with van der Waals surface area (Å²) in [6.45, 7) is 9.62. The summed E-state index contributed by atoms with van der Waals surface area (Å²) in [5.74, 6) is 5.52. The molecule has 0 heterocycles. The molecule has 0 aromatic carbocycles. The van der Waals surface area contributed by atoms with E-state index in [0.29, 0.717) is 13.0 Å². The van der Waals surface area contributed by atoms with Crippen LogP contribution >= 0.6 is 62.8 Å². The second-order valence-corrected chi connectivity index (χ2v) is 22.8. The second-order valence-electron chi connectivity index (χ2n) is 13.8. The van der Waals surface area contributed by atoms with Crippen LogP contribution in [0.3, 0.4) is 0 Å². The summed E-state index contributed by atoms with van der Waals surface area (Å²) < 4.78 is 12.0. The molecule has 0 atom stereocenters. The van der Waals surface area contributed by atoms with Crippen molar-refractivity contribution >= 4 is 68.8 Å². The van der Waals surface area contributed by atoms with Gasteiger partial charge in [0.1, 0.15) is 6.61 Å². The summed E-state index contributed by atoms with van der Waals surface area (Å²) in [6.07, 6.45) is 28.3. The summed E-state index contributed by atoms with van der Waals surface area (Å²) in [6, 6.07) is 0. The number of carbonyl (C=O) groups excluding carboxylic acids is 1. The largest absolute Gasteiger partial charge is 0.497 e. The normalized spacial score (nSPS) is 13.0. The monoisotopic (exact) mass is 812 g/mol. The van der Waals surface area contributed by atoms with Crippen LogP contribution in [0, 0.1) is 0 Å². The van der Waals surface area contributed by atoms with Gasteiger partial charge in [-0.25, -0.2) is 0 Å². The Morgan fingerprint density at radius 1 is 0.560 bits per heavy atom. The third-order valence-electron chi connectivity index (χ3n) is 8.95. The van der Waals surface area contributed by atoms with Crippen LogP contribution in [-0.4, -0.2) is 92.3 Å². The number of carbonyl (C=O) groups is 1. The van der Waals surface area contributed by atoms with Crippen LogP contribution in [0.4, 0.5) is 0 Å². The maximum Gasteiger partial charge on any atom is 0.307 e. The van der Waals surface area contributed by atoms with Gasteiger partial charge in [-0.15, -0.1) is 0 Å². The molecule has 0 spiro atoms. The molecule has 5 nitrogen and oxygen atoms in total. The predicted molar refractivity (Wildman–Crippen MR) is 237 cm³/mol. The number of rotatable bonds is 39. The molecular weight excluding hydrogens is 737 g/mol. The van der Waals surface area contributed by atoms with E-state index < -0.39 is 0 Å². The number of esters is 1. The van der Waals surface area contributed by atoms with Gasteiger partial charge in [-0.1, -0.05) is 147 Å². The first kappa shape index (κ1) is 49.0. The Morgan fingerprint density at radius 2 is 1.04 bits per heavy atom. The third-order valence-corrected chi connectivity index (χ3v) is 17.5. The van der Waals surface area contributed by atoms with E-state index in [0.717, 1.165) is 57.1 Å². The zero-order chi connectivity index (χ0) is 36.2. The van der Waals surface area contributed by atoms with Crippen LogP contribution in [0.2, 0.25) is 0 Å². The lowest BCUT2D eigenvalue weighted by Crippen LogP contribution is -2.31. The second kappa shape index (κ2) is 38.3. The number of unbranched alkanes of at least 4 members (excludes halogenated alkanes) is 14. The van der Waals surface area contributed by atoms with Gasteiger partial charge in [0, 0.05) is 42.5 Å². The summed E-state index contributed by atoms with van der Waals surface area (Å²) in [7, 11) is 15.8. The molecule has 0 amide bonds. The van der Waals surface area contributed by atoms with Crippen LogP contribution in [0.15, 0.2) is 11.3 Å². The van der Waals surface area contributed by atoms with E-state index in [9.17, 15) is 4.79 Å². The Balaban J connectivity index is 2.19. The fraction of sp³-hybridized carbons (Fsp3) is 0.923. The quantitative estimate of drug-likeness (QED) is 0.0258. The first-order chi connectivity index (χ1) is 24.6. The topological polar surface area (TPSA) is 42.0 Å². The molecule has 0 radical (unpaired) electrons. The lowest BCUT2D eigenvalue weighted by molar-refractivity contribution is -0.143. The molecule has 0 unspecified atom stereocenters. The van der Waals surface area contributed by atoms with E-state index in [2.05, 4.69) is 37.7 Å². The molecule has 296 valence electrons. The highest BCUT2D eigenvalue weighted by molar-refractivity contribution is 9.09. The van der Waals surface area contributed by atoms with Gasteiger partial charge in [0.05, 0.1) is 18.8 Å². The number of allylic oxidation sites excluding steroid dienone is 1. The number of hydrogen-bond donors (Lipinski definition) is 0. The fourth-order valence-electron chi connectivity index (χ4n) is 5.69. The van der Waals surface area contributed by atoms with E-state index >= 15 is 0 Å². The molecule has 1 aliphatic rings. The highest BCUT2D eigenvalue weighted by Gasteiger charge is 2.18. The summed E-state index contributed by atoms with van der Waals surface area (Å²) in [5, 5.41) is 0. The molecule has 0 saturated heterocycles.